The van der Waals surface area contributed by atoms with E-state index in [-0.39, 0.29) is 6.10 Å². The molecular formula is C21H38O4. The van der Waals surface area contributed by atoms with Crippen molar-refractivity contribution in [3.05, 3.63) is 12.2 Å². The topological polar surface area (TPSA) is 52.6 Å². The highest BCUT2D eigenvalue weighted by atomic mass is 16.5. The van der Waals surface area contributed by atoms with E-state index in [0.717, 1.165) is 37.8 Å². The first-order valence-electron chi connectivity index (χ1n) is 10.2. The minimum Gasteiger partial charge on any atom is -0.463 e. The Bertz CT molecular complexity index is 359. The number of hydrogen-bond donors (Lipinski definition) is 0. The molecule has 0 amide bonds. The van der Waals surface area contributed by atoms with Gasteiger partial charge in [-0.25, -0.2) is 9.59 Å². The first-order chi connectivity index (χ1) is 12.1. The molecule has 0 aromatic heterocycles. The van der Waals surface area contributed by atoms with Gasteiger partial charge in [0.05, 0.1) is 6.61 Å². The Balaban J connectivity index is 3.51. The molecule has 0 radical (unpaired) electrons. The van der Waals surface area contributed by atoms with Crippen LogP contribution >= 0.6 is 0 Å². The molecule has 0 aromatic rings. The highest BCUT2D eigenvalue weighted by molar-refractivity contribution is 5.91. The monoisotopic (exact) mass is 354 g/mol. The third kappa shape index (κ3) is 15.9. The Morgan fingerprint density at radius 3 is 1.72 bits per heavy atom. The van der Waals surface area contributed by atoms with Crippen LogP contribution in [-0.2, 0) is 19.1 Å². The SMILES string of the molecule is CCCCCCCCCCCCOC(=O)/C=C/C(=O)OC(CC)CC. The molecule has 0 N–H and O–H groups in total. The summed E-state index contributed by atoms with van der Waals surface area (Å²) in [7, 11) is 0. The third-order valence-electron chi connectivity index (χ3n) is 4.29. The molecule has 4 heteroatoms. The lowest BCUT2D eigenvalue weighted by Crippen LogP contribution is -2.15. The van der Waals surface area contributed by atoms with Gasteiger partial charge in [-0.3, -0.25) is 0 Å². The van der Waals surface area contributed by atoms with Gasteiger partial charge in [0.2, 0.25) is 0 Å². The molecule has 0 saturated carbocycles. The fourth-order valence-electron chi connectivity index (χ4n) is 2.61. The van der Waals surface area contributed by atoms with Crippen molar-refractivity contribution < 1.29 is 19.1 Å². The first-order valence-corrected chi connectivity index (χ1v) is 10.2. The smallest absolute Gasteiger partial charge is 0.331 e. The van der Waals surface area contributed by atoms with Crippen molar-refractivity contribution >= 4 is 11.9 Å². The Morgan fingerprint density at radius 1 is 0.720 bits per heavy atom. The molecule has 4 nitrogen and oxygen atoms in total. The summed E-state index contributed by atoms with van der Waals surface area (Å²) in [5, 5.41) is 0. The number of esters is 2. The summed E-state index contributed by atoms with van der Waals surface area (Å²) < 4.78 is 10.3. The number of rotatable bonds is 16. The van der Waals surface area contributed by atoms with Crippen molar-refractivity contribution in [1.82, 2.24) is 0 Å². The second kappa shape index (κ2) is 17.5. The van der Waals surface area contributed by atoms with Crippen molar-refractivity contribution in [2.24, 2.45) is 0 Å². The van der Waals surface area contributed by atoms with E-state index in [1.165, 1.54) is 51.4 Å². The van der Waals surface area contributed by atoms with Gasteiger partial charge < -0.3 is 9.47 Å². The van der Waals surface area contributed by atoms with Gasteiger partial charge in [0.15, 0.2) is 0 Å². The molecule has 0 rings (SSSR count). The van der Waals surface area contributed by atoms with Crippen molar-refractivity contribution in [3.8, 4) is 0 Å². The van der Waals surface area contributed by atoms with E-state index >= 15 is 0 Å². The van der Waals surface area contributed by atoms with Crippen LogP contribution in [0, 0.1) is 0 Å². The van der Waals surface area contributed by atoms with Gasteiger partial charge in [-0.05, 0) is 19.3 Å². The van der Waals surface area contributed by atoms with Crippen LogP contribution in [0.1, 0.15) is 97.8 Å². The van der Waals surface area contributed by atoms with Gasteiger partial charge in [0, 0.05) is 12.2 Å². The molecule has 0 fully saturated rings. The molecule has 0 aliphatic heterocycles. The summed E-state index contributed by atoms with van der Waals surface area (Å²) in [4.78, 5) is 23.0. The largest absolute Gasteiger partial charge is 0.463 e. The fraction of sp³-hybridized carbons (Fsp3) is 0.810. The number of carbonyl (C=O) groups is 2. The quantitative estimate of drug-likeness (QED) is 0.201. The molecule has 0 unspecified atom stereocenters. The normalized spacial score (nSPS) is 11.2. The molecule has 0 atom stereocenters. The summed E-state index contributed by atoms with van der Waals surface area (Å²) in [5.41, 5.74) is 0. The number of ether oxygens (including phenoxy) is 2. The lowest BCUT2D eigenvalue weighted by molar-refractivity contribution is -0.144. The molecule has 0 aliphatic carbocycles. The van der Waals surface area contributed by atoms with Gasteiger partial charge in [-0.1, -0.05) is 78.6 Å². The standard InChI is InChI=1S/C21H38O4/c1-4-7-8-9-10-11-12-13-14-15-18-24-20(22)16-17-21(23)25-19(5-2)6-3/h16-17,19H,4-15,18H2,1-3H3/b17-16+. The van der Waals surface area contributed by atoms with Crippen molar-refractivity contribution in [1.29, 1.82) is 0 Å². The molecule has 0 aliphatic rings. The van der Waals surface area contributed by atoms with Crippen molar-refractivity contribution in [2.45, 2.75) is 104 Å². The molecule has 0 aromatic carbocycles. The number of carbonyl (C=O) groups excluding carboxylic acids is 2. The van der Waals surface area contributed by atoms with E-state index in [9.17, 15) is 9.59 Å². The highest BCUT2D eigenvalue weighted by Crippen LogP contribution is 2.10. The van der Waals surface area contributed by atoms with Gasteiger partial charge in [-0.15, -0.1) is 0 Å². The van der Waals surface area contributed by atoms with Crippen molar-refractivity contribution in [2.75, 3.05) is 6.61 Å². The third-order valence-corrected chi connectivity index (χ3v) is 4.29. The minimum atomic E-state index is -0.482. The fourth-order valence-corrected chi connectivity index (χ4v) is 2.61. The number of hydrogen-bond acceptors (Lipinski definition) is 4. The van der Waals surface area contributed by atoms with Crippen LogP contribution < -0.4 is 0 Å². The summed E-state index contributed by atoms with van der Waals surface area (Å²) in [6.45, 7) is 6.58. The summed E-state index contributed by atoms with van der Waals surface area (Å²) in [5.74, 6) is -0.956. The van der Waals surface area contributed by atoms with Gasteiger partial charge >= 0.3 is 11.9 Å². The maximum atomic E-state index is 11.5. The zero-order valence-corrected chi connectivity index (χ0v) is 16.6. The Morgan fingerprint density at radius 2 is 1.20 bits per heavy atom. The van der Waals surface area contributed by atoms with E-state index in [2.05, 4.69) is 6.92 Å². The van der Waals surface area contributed by atoms with Gasteiger partial charge in [-0.2, -0.15) is 0 Å². The van der Waals surface area contributed by atoms with Crippen LogP contribution in [0.5, 0.6) is 0 Å². The minimum absolute atomic E-state index is 0.0835. The lowest BCUT2D eigenvalue weighted by Gasteiger charge is -2.11. The van der Waals surface area contributed by atoms with E-state index in [1.54, 1.807) is 0 Å². The second-order valence-electron chi connectivity index (χ2n) is 6.56. The van der Waals surface area contributed by atoms with Crippen LogP contribution in [0.2, 0.25) is 0 Å². The average molecular weight is 355 g/mol. The summed E-state index contributed by atoms with van der Waals surface area (Å²) in [6.07, 6.45) is 16.2. The maximum Gasteiger partial charge on any atom is 0.331 e. The lowest BCUT2D eigenvalue weighted by atomic mass is 10.1. The molecule has 0 saturated heterocycles. The first kappa shape index (κ1) is 23.7. The van der Waals surface area contributed by atoms with Gasteiger partial charge in [0.1, 0.15) is 6.10 Å². The van der Waals surface area contributed by atoms with E-state index in [0.29, 0.717) is 6.61 Å². The second-order valence-corrected chi connectivity index (χ2v) is 6.56. The zero-order valence-electron chi connectivity index (χ0n) is 16.6. The Hall–Kier alpha value is -1.32. The van der Waals surface area contributed by atoms with E-state index in [4.69, 9.17) is 9.47 Å². The Kier molecular flexibility index (Phi) is 16.6. The molecule has 0 bridgehead atoms. The van der Waals surface area contributed by atoms with Crippen LogP contribution in [0.15, 0.2) is 12.2 Å². The molecule has 0 heterocycles. The molecular weight excluding hydrogens is 316 g/mol. The molecule has 0 spiro atoms. The van der Waals surface area contributed by atoms with Crippen LogP contribution in [0.25, 0.3) is 0 Å². The zero-order chi connectivity index (χ0) is 18.8. The molecule has 25 heavy (non-hydrogen) atoms. The van der Waals surface area contributed by atoms with Crippen LogP contribution in [0.4, 0.5) is 0 Å². The summed E-state index contributed by atoms with van der Waals surface area (Å²) >= 11 is 0. The van der Waals surface area contributed by atoms with Gasteiger partial charge in [0.25, 0.3) is 0 Å². The Labute approximate surface area is 154 Å². The van der Waals surface area contributed by atoms with E-state index in [1.807, 2.05) is 13.8 Å². The molecule has 146 valence electrons. The number of unbranched alkanes of at least 4 members (excludes halogenated alkanes) is 9. The van der Waals surface area contributed by atoms with Crippen LogP contribution in [0.3, 0.4) is 0 Å². The van der Waals surface area contributed by atoms with Crippen molar-refractivity contribution in [3.63, 3.8) is 0 Å². The van der Waals surface area contributed by atoms with Crippen LogP contribution in [-0.4, -0.2) is 24.6 Å². The predicted molar refractivity (Wildman–Crippen MR) is 102 cm³/mol. The highest BCUT2D eigenvalue weighted by Gasteiger charge is 2.08. The maximum absolute atomic E-state index is 11.5. The average Bonchev–Trinajstić information content (AvgIpc) is 2.62. The summed E-state index contributed by atoms with van der Waals surface area (Å²) in [6, 6.07) is 0. The van der Waals surface area contributed by atoms with E-state index < -0.39 is 11.9 Å². The predicted octanol–water partition coefficient (Wildman–Crippen LogP) is 5.74.